The number of allylic oxidation sites excluding steroid dienone is 1. The quantitative estimate of drug-likeness (QED) is 0.238. The van der Waals surface area contributed by atoms with E-state index in [1.807, 2.05) is 69.3 Å². The monoisotopic (exact) mass is 627 g/mol. The van der Waals surface area contributed by atoms with E-state index < -0.39 is 12.0 Å². The van der Waals surface area contributed by atoms with Gasteiger partial charge in [-0.25, -0.2) is 14.6 Å². The number of aryl methyl sites for hydroxylation is 1. The molecular formula is C35H37N3O6S. The summed E-state index contributed by atoms with van der Waals surface area (Å²) in [5.41, 5.74) is 5.49. The standard InChI is InChI=1S/C35H37N3O6S/c1-8-42-28-16-12-24(13-17-28)31-30(34(41)44-20(3)4)22(6)36-35-38(31)32(39)29(45-35)19-26-18-21(5)37(23(26)7)27-14-10-25(11-15-27)33(40)43-9-2/h10-20,31H,8-9H2,1-7H3/b29-19+/t31-/m0/s1. The van der Waals surface area contributed by atoms with E-state index in [1.54, 1.807) is 44.4 Å². The van der Waals surface area contributed by atoms with Gasteiger partial charge in [0.15, 0.2) is 4.80 Å². The Morgan fingerprint density at radius 1 is 0.978 bits per heavy atom. The molecule has 1 aliphatic heterocycles. The fourth-order valence-electron chi connectivity index (χ4n) is 5.52. The lowest BCUT2D eigenvalue weighted by Gasteiger charge is -2.25. The molecule has 0 saturated carbocycles. The fourth-order valence-corrected chi connectivity index (χ4v) is 6.56. The molecule has 0 radical (unpaired) electrons. The van der Waals surface area contributed by atoms with Crippen LogP contribution >= 0.6 is 11.3 Å². The Bertz CT molecular complexity index is 1960. The molecule has 234 valence electrons. The average Bonchev–Trinajstić information content (AvgIpc) is 3.46. The number of thiazole rings is 1. The number of aromatic nitrogens is 2. The molecule has 2 aromatic heterocycles. The van der Waals surface area contributed by atoms with Crippen molar-refractivity contribution in [2.75, 3.05) is 13.2 Å². The molecule has 0 amide bonds. The molecule has 1 atom stereocenters. The van der Waals surface area contributed by atoms with Gasteiger partial charge in [-0.1, -0.05) is 23.5 Å². The number of carbonyl (C=O) groups excluding carboxylic acids is 2. The number of carbonyl (C=O) groups is 2. The number of nitrogens with zero attached hydrogens (tertiary/aromatic N) is 3. The van der Waals surface area contributed by atoms with Crippen molar-refractivity contribution in [3.05, 3.63) is 114 Å². The zero-order chi connectivity index (χ0) is 32.4. The molecule has 45 heavy (non-hydrogen) atoms. The van der Waals surface area contributed by atoms with Crippen LogP contribution in [0.3, 0.4) is 0 Å². The predicted octanol–water partition coefficient (Wildman–Crippen LogP) is 5.17. The van der Waals surface area contributed by atoms with Crippen molar-refractivity contribution in [1.29, 1.82) is 0 Å². The normalized spacial score (nSPS) is 14.8. The van der Waals surface area contributed by atoms with Crippen LogP contribution in [-0.2, 0) is 14.3 Å². The molecule has 10 heteroatoms. The molecule has 0 aliphatic carbocycles. The summed E-state index contributed by atoms with van der Waals surface area (Å²) in [6.45, 7) is 13.9. The first kappa shape index (κ1) is 31.7. The number of fused-ring (bicyclic) bond motifs is 1. The average molecular weight is 628 g/mol. The zero-order valence-electron chi connectivity index (χ0n) is 26.5. The van der Waals surface area contributed by atoms with Gasteiger partial charge in [0.2, 0.25) is 0 Å². The third-order valence-corrected chi connectivity index (χ3v) is 8.47. The van der Waals surface area contributed by atoms with E-state index in [4.69, 9.17) is 19.2 Å². The minimum absolute atomic E-state index is 0.247. The van der Waals surface area contributed by atoms with Crippen LogP contribution < -0.4 is 19.6 Å². The Balaban J connectivity index is 1.60. The summed E-state index contributed by atoms with van der Waals surface area (Å²) < 4.78 is 20.5. The highest BCUT2D eigenvalue weighted by Gasteiger charge is 2.34. The van der Waals surface area contributed by atoms with Gasteiger partial charge in [-0.2, -0.15) is 0 Å². The van der Waals surface area contributed by atoms with E-state index in [2.05, 4.69) is 4.57 Å². The fraction of sp³-hybridized carbons (Fsp3) is 0.314. The van der Waals surface area contributed by atoms with Gasteiger partial charge in [-0.15, -0.1) is 0 Å². The Morgan fingerprint density at radius 3 is 2.29 bits per heavy atom. The molecule has 9 nitrogen and oxygen atoms in total. The predicted molar refractivity (Wildman–Crippen MR) is 174 cm³/mol. The lowest BCUT2D eigenvalue weighted by atomic mass is 9.96. The lowest BCUT2D eigenvalue weighted by Crippen LogP contribution is -2.40. The van der Waals surface area contributed by atoms with Crippen molar-refractivity contribution < 1.29 is 23.8 Å². The van der Waals surface area contributed by atoms with Gasteiger partial charge < -0.3 is 18.8 Å². The molecule has 4 aromatic rings. The largest absolute Gasteiger partial charge is 0.494 e. The number of benzene rings is 2. The van der Waals surface area contributed by atoms with Crippen LogP contribution in [0.25, 0.3) is 11.8 Å². The van der Waals surface area contributed by atoms with Crippen LogP contribution in [0.2, 0.25) is 0 Å². The first-order valence-corrected chi connectivity index (χ1v) is 15.8. The molecule has 0 fully saturated rings. The molecular weight excluding hydrogens is 590 g/mol. The van der Waals surface area contributed by atoms with Crippen molar-refractivity contribution in [1.82, 2.24) is 9.13 Å². The van der Waals surface area contributed by atoms with Crippen LogP contribution in [0.1, 0.15) is 73.5 Å². The minimum atomic E-state index is -0.712. The van der Waals surface area contributed by atoms with E-state index in [-0.39, 0.29) is 17.6 Å². The van der Waals surface area contributed by atoms with Gasteiger partial charge in [0.1, 0.15) is 5.75 Å². The smallest absolute Gasteiger partial charge is 0.338 e. The van der Waals surface area contributed by atoms with E-state index in [0.29, 0.717) is 45.1 Å². The number of hydrogen-bond acceptors (Lipinski definition) is 8. The van der Waals surface area contributed by atoms with Gasteiger partial charge in [-0.05, 0) is 108 Å². The second kappa shape index (κ2) is 13.1. The van der Waals surface area contributed by atoms with Gasteiger partial charge in [-0.3, -0.25) is 9.36 Å². The maximum atomic E-state index is 14.1. The molecule has 0 bridgehead atoms. The summed E-state index contributed by atoms with van der Waals surface area (Å²) >= 11 is 1.28. The second-order valence-corrected chi connectivity index (χ2v) is 12.0. The lowest BCUT2D eigenvalue weighted by molar-refractivity contribution is -0.143. The highest BCUT2D eigenvalue weighted by Crippen LogP contribution is 2.32. The number of ether oxygens (including phenoxy) is 3. The molecule has 0 N–H and O–H groups in total. The summed E-state index contributed by atoms with van der Waals surface area (Å²) in [5, 5.41) is 0. The van der Waals surface area contributed by atoms with Crippen molar-refractivity contribution in [2.45, 2.75) is 60.6 Å². The van der Waals surface area contributed by atoms with Crippen molar-refractivity contribution in [3.8, 4) is 11.4 Å². The molecule has 0 saturated heterocycles. The highest BCUT2D eigenvalue weighted by atomic mass is 32.1. The van der Waals surface area contributed by atoms with Crippen molar-refractivity contribution in [2.24, 2.45) is 4.99 Å². The molecule has 1 aliphatic rings. The van der Waals surface area contributed by atoms with E-state index in [0.717, 1.165) is 28.2 Å². The summed E-state index contributed by atoms with van der Waals surface area (Å²) in [5.74, 6) is -0.163. The van der Waals surface area contributed by atoms with Crippen molar-refractivity contribution >= 4 is 29.4 Å². The van der Waals surface area contributed by atoms with E-state index in [9.17, 15) is 14.4 Å². The maximum absolute atomic E-state index is 14.1. The Kier molecular flexibility index (Phi) is 9.24. The Labute approximate surface area is 265 Å². The summed E-state index contributed by atoms with van der Waals surface area (Å²) in [6.07, 6.45) is 1.54. The van der Waals surface area contributed by atoms with Crippen LogP contribution in [0.5, 0.6) is 5.75 Å². The summed E-state index contributed by atoms with van der Waals surface area (Å²) in [7, 11) is 0. The van der Waals surface area contributed by atoms with Gasteiger partial charge >= 0.3 is 11.9 Å². The van der Waals surface area contributed by atoms with Crippen LogP contribution in [0, 0.1) is 13.8 Å². The number of hydrogen-bond donors (Lipinski definition) is 0. The first-order chi connectivity index (χ1) is 21.5. The number of rotatable bonds is 9. The van der Waals surface area contributed by atoms with Crippen LogP contribution in [0.15, 0.2) is 75.7 Å². The second-order valence-electron chi connectivity index (χ2n) is 11.0. The first-order valence-electron chi connectivity index (χ1n) is 15.0. The topological polar surface area (TPSA) is 101 Å². The van der Waals surface area contributed by atoms with E-state index in [1.165, 1.54) is 11.3 Å². The SMILES string of the molecule is CCOC(=O)c1ccc(-n2c(C)cc(/C=c3/sc4n(c3=O)[C@@H](c3ccc(OCC)cc3)C(C(=O)OC(C)C)=C(C)N=4)c2C)cc1. The van der Waals surface area contributed by atoms with E-state index >= 15 is 0 Å². The molecule has 2 aromatic carbocycles. The van der Waals surface area contributed by atoms with Gasteiger partial charge in [0, 0.05) is 17.1 Å². The molecule has 3 heterocycles. The van der Waals surface area contributed by atoms with Crippen molar-refractivity contribution in [3.63, 3.8) is 0 Å². The summed E-state index contributed by atoms with van der Waals surface area (Å²) in [6, 6.07) is 16.0. The van der Waals surface area contributed by atoms with Crippen LogP contribution in [0.4, 0.5) is 0 Å². The molecule has 0 unspecified atom stereocenters. The molecule has 5 rings (SSSR count). The minimum Gasteiger partial charge on any atom is -0.494 e. The third kappa shape index (κ3) is 6.28. The zero-order valence-corrected chi connectivity index (χ0v) is 27.4. The van der Waals surface area contributed by atoms with Gasteiger partial charge in [0.05, 0.1) is 46.7 Å². The Morgan fingerprint density at radius 2 is 1.67 bits per heavy atom. The highest BCUT2D eigenvalue weighted by molar-refractivity contribution is 7.07. The summed E-state index contributed by atoms with van der Waals surface area (Å²) in [4.78, 5) is 44.8. The van der Waals surface area contributed by atoms with Crippen LogP contribution in [-0.4, -0.2) is 40.4 Å². The van der Waals surface area contributed by atoms with Gasteiger partial charge in [0.25, 0.3) is 5.56 Å². The Hall–Kier alpha value is -4.70. The number of esters is 2. The molecule has 0 spiro atoms. The third-order valence-electron chi connectivity index (χ3n) is 7.48. The maximum Gasteiger partial charge on any atom is 0.338 e.